The van der Waals surface area contributed by atoms with Crippen LogP contribution in [0.25, 0.3) is 11.3 Å². The summed E-state index contributed by atoms with van der Waals surface area (Å²) in [4.78, 5) is 21.6. The van der Waals surface area contributed by atoms with Crippen LogP contribution in [0.2, 0.25) is 0 Å². The van der Waals surface area contributed by atoms with Crippen LogP contribution in [0.15, 0.2) is 34.9 Å². The molecule has 5 nitrogen and oxygen atoms in total. The lowest BCUT2D eigenvalue weighted by Crippen LogP contribution is -2.00. The fraction of sp³-hybridized carbons (Fsp3) is 0.0833. The molecule has 0 aliphatic heterocycles. The van der Waals surface area contributed by atoms with Crippen molar-refractivity contribution in [1.29, 1.82) is 0 Å². The van der Waals surface area contributed by atoms with Crippen LogP contribution in [0.3, 0.4) is 0 Å². The smallest absolute Gasteiger partial charge is 0.337 e. The van der Waals surface area contributed by atoms with Crippen LogP contribution in [0, 0.1) is 0 Å². The normalized spacial score (nSPS) is 9.94. The summed E-state index contributed by atoms with van der Waals surface area (Å²) in [6.45, 7) is 0. The number of hydrogen-bond donors (Lipinski definition) is 0. The van der Waals surface area contributed by atoms with Crippen LogP contribution in [0.4, 0.5) is 0 Å². The van der Waals surface area contributed by atoms with Gasteiger partial charge in [0, 0.05) is 11.6 Å². The molecule has 1 heterocycles. The number of benzene rings is 1. The zero-order valence-electron chi connectivity index (χ0n) is 9.04. The van der Waals surface area contributed by atoms with Gasteiger partial charge >= 0.3 is 5.97 Å². The van der Waals surface area contributed by atoms with Crippen molar-refractivity contribution < 1.29 is 18.8 Å². The molecule has 86 valence electrons. The van der Waals surface area contributed by atoms with E-state index in [0.29, 0.717) is 17.5 Å². The molecule has 0 spiro atoms. The third kappa shape index (κ3) is 2.23. The Bertz CT molecular complexity index is 542. The van der Waals surface area contributed by atoms with Crippen molar-refractivity contribution in [2.45, 2.75) is 0 Å². The molecule has 1 aromatic carbocycles. The predicted octanol–water partition coefficient (Wildman–Crippen LogP) is 1.94. The highest BCUT2D eigenvalue weighted by molar-refractivity contribution is 5.89. The molecule has 5 heteroatoms. The Labute approximate surface area is 97.0 Å². The summed E-state index contributed by atoms with van der Waals surface area (Å²) in [5.74, 6) is -0.234. The Morgan fingerprint density at radius 3 is 2.59 bits per heavy atom. The Morgan fingerprint density at radius 2 is 2.06 bits per heavy atom. The number of nitrogens with zero attached hydrogens (tertiary/aromatic N) is 1. The second-order valence-electron chi connectivity index (χ2n) is 3.30. The number of carbonyl (C=O) groups excluding carboxylic acids is 2. The van der Waals surface area contributed by atoms with E-state index in [1.807, 2.05) is 0 Å². The second-order valence-corrected chi connectivity index (χ2v) is 3.30. The third-order valence-electron chi connectivity index (χ3n) is 2.25. The van der Waals surface area contributed by atoms with E-state index < -0.39 is 5.97 Å². The fourth-order valence-corrected chi connectivity index (χ4v) is 1.38. The van der Waals surface area contributed by atoms with E-state index >= 15 is 0 Å². The number of aldehydes is 1. The molecule has 17 heavy (non-hydrogen) atoms. The maximum absolute atomic E-state index is 11.2. The zero-order chi connectivity index (χ0) is 12.3. The summed E-state index contributed by atoms with van der Waals surface area (Å²) < 4.78 is 9.34. The van der Waals surface area contributed by atoms with Crippen molar-refractivity contribution in [2.24, 2.45) is 0 Å². The minimum absolute atomic E-state index is 0.164. The predicted molar refractivity (Wildman–Crippen MR) is 58.7 cm³/mol. The lowest BCUT2D eigenvalue weighted by atomic mass is 10.1. The number of ether oxygens (including phenoxy) is 1. The van der Waals surface area contributed by atoms with Crippen LogP contribution in [0.1, 0.15) is 20.9 Å². The molecular formula is C12H9NO4. The molecule has 0 aliphatic rings. The molecule has 0 atom stereocenters. The average Bonchev–Trinajstić information content (AvgIpc) is 2.87. The van der Waals surface area contributed by atoms with E-state index in [1.54, 1.807) is 24.3 Å². The molecule has 0 amide bonds. The van der Waals surface area contributed by atoms with Gasteiger partial charge < -0.3 is 9.26 Å². The van der Waals surface area contributed by atoms with Crippen molar-refractivity contribution in [3.8, 4) is 11.3 Å². The maximum atomic E-state index is 11.2. The summed E-state index contributed by atoms with van der Waals surface area (Å²) in [5, 5.41) is 3.73. The van der Waals surface area contributed by atoms with Crippen molar-refractivity contribution in [1.82, 2.24) is 5.16 Å². The number of methoxy groups -OCH3 is 1. The zero-order valence-corrected chi connectivity index (χ0v) is 9.04. The lowest BCUT2D eigenvalue weighted by Gasteiger charge is -1.99. The first kappa shape index (κ1) is 11.1. The van der Waals surface area contributed by atoms with Gasteiger partial charge in [-0.15, -0.1) is 0 Å². The van der Waals surface area contributed by atoms with E-state index in [1.165, 1.54) is 13.2 Å². The topological polar surface area (TPSA) is 69.4 Å². The number of carbonyl (C=O) groups is 2. The molecule has 0 radical (unpaired) electrons. The van der Waals surface area contributed by atoms with Gasteiger partial charge in [-0.05, 0) is 12.1 Å². The molecule has 0 aliphatic carbocycles. The Balaban J connectivity index is 2.28. The summed E-state index contributed by atoms with van der Waals surface area (Å²) >= 11 is 0. The molecular weight excluding hydrogens is 222 g/mol. The van der Waals surface area contributed by atoms with Crippen LogP contribution in [-0.2, 0) is 4.74 Å². The standard InChI is InChI=1S/C12H9NO4/c1-16-12(15)9-4-2-8(3-5-9)11-6-10(7-14)17-13-11/h2-7H,1H3. The number of esters is 1. The van der Waals surface area contributed by atoms with Crippen molar-refractivity contribution in [3.05, 3.63) is 41.7 Å². The van der Waals surface area contributed by atoms with Crippen molar-refractivity contribution in [2.75, 3.05) is 7.11 Å². The molecule has 1 aromatic heterocycles. The SMILES string of the molecule is COC(=O)c1ccc(-c2cc(C=O)on2)cc1. The first-order chi connectivity index (χ1) is 8.24. The Hall–Kier alpha value is -2.43. The minimum atomic E-state index is -0.398. The first-order valence-electron chi connectivity index (χ1n) is 4.85. The van der Waals surface area contributed by atoms with E-state index in [2.05, 4.69) is 9.89 Å². The van der Waals surface area contributed by atoms with Gasteiger partial charge in [0.25, 0.3) is 0 Å². The molecule has 0 fully saturated rings. The Morgan fingerprint density at radius 1 is 1.35 bits per heavy atom. The van der Waals surface area contributed by atoms with Crippen LogP contribution in [0.5, 0.6) is 0 Å². The van der Waals surface area contributed by atoms with E-state index in [0.717, 1.165) is 5.56 Å². The largest absolute Gasteiger partial charge is 0.465 e. The second kappa shape index (κ2) is 4.61. The van der Waals surface area contributed by atoms with Gasteiger partial charge in [-0.1, -0.05) is 17.3 Å². The van der Waals surface area contributed by atoms with Gasteiger partial charge in [0.1, 0.15) is 5.69 Å². The summed E-state index contributed by atoms with van der Waals surface area (Å²) in [6.07, 6.45) is 0.583. The molecule has 0 saturated carbocycles. The van der Waals surface area contributed by atoms with Gasteiger partial charge in [-0.2, -0.15) is 0 Å². The third-order valence-corrected chi connectivity index (χ3v) is 2.25. The molecule has 0 N–H and O–H groups in total. The molecule has 0 unspecified atom stereocenters. The first-order valence-corrected chi connectivity index (χ1v) is 4.85. The molecule has 2 aromatic rings. The van der Waals surface area contributed by atoms with Gasteiger partial charge in [0.05, 0.1) is 12.7 Å². The number of hydrogen-bond acceptors (Lipinski definition) is 5. The quantitative estimate of drug-likeness (QED) is 0.596. The van der Waals surface area contributed by atoms with E-state index in [-0.39, 0.29) is 5.76 Å². The monoisotopic (exact) mass is 231 g/mol. The van der Waals surface area contributed by atoms with Gasteiger partial charge in [0.15, 0.2) is 12.0 Å². The average molecular weight is 231 g/mol. The van der Waals surface area contributed by atoms with E-state index in [9.17, 15) is 9.59 Å². The van der Waals surface area contributed by atoms with Crippen LogP contribution in [-0.4, -0.2) is 24.5 Å². The number of aromatic nitrogens is 1. The number of rotatable bonds is 3. The molecule has 0 saturated heterocycles. The van der Waals surface area contributed by atoms with E-state index in [4.69, 9.17) is 4.52 Å². The van der Waals surface area contributed by atoms with Crippen molar-refractivity contribution >= 4 is 12.3 Å². The molecule has 0 bridgehead atoms. The summed E-state index contributed by atoms with van der Waals surface area (Å²) in [5.41, 5.74) is 1.76. The van der Waals surface area contributed by atoms with Gasteiger partial charge in [-0.25, -0.2) is 4.79 Å². The van der Waals surface area contributed by atoms with Crippen LogP contribution < -0.4 is 0 Å². The fourth-order valence-electron chi connectivity index (χ4n) is 1.38. The summed E-state index contributed by atoms with van der Waals surface area (Å²) in [7, 11) is 1.32. The highest BCUT2D eigenvalue weighted by Gasteiger charge is 2.08. The Kier molecular flexibility index (Phi) is 3.00. The summed E-state index contributed by atoms with van der Waals surface area (Å²) in [6, 6.07) is 8.18. The minimum Gasteiger partial charge on any atom is -0.465 e. The maximum Gasteiger partial charge on any atom is 0.337 e. The lowest BCUT2D eigenvalue weighted by molar-refractivity contribution is 0.0600. The van der Waals surface area contributed by atoms with Crippen LogP contribution >= 0.6 is 0 Å². The van der Waals surface area contributed by atoms with Crippen molar-refractivity contribution in [3.63, 3.8) is 0 Å². The molecule has 2 rings (SSSR count). The highest BCUT2D eigenvalue weighted by Crippen LogP contribution is 2.19. The van der Waals surface area contributed by atoms with Gasteiger partial charge in [0.2, 0.25) is 0 Å². The van der Waals surface area contributed by atoms with Gasteiger partial charge in [-0.3, -0.25) is 4.79 Å². The highest BCUT2D eigenvalue weighted by atomic mass is 16.5.